The van der Waals surface area contributed by atoms with Crippen molar-refractivity contribution in [3.63, 3.8) is 0 Å². The van der Waals surface area contributed by atoms with Crippen molar-refractivity contribution in [2.75, 3.05) is 0 Å². The molecule has 0 amide bonds. The zero-order valence-electron chi connectivity index (χ0n) is 10.7. The van der Waals surface area contributed by atoms with Crippen LogP contribution in [-0.4, -0.2) is 16.9 Å². The normalized spacial score (nSPS) is 15.8. The Kier molecular flexibility index (Phi) is 3.07. The summed E-state index contributed by atoms with van der Waals surface area (Å²) in [5.74, 6) is 0.630. The van der Waals surface area contributed by atoms with Crippen molar-refractivity contribution in [2.45, 2.75) is 31.8 Å². The molecule has 1 heterocycles. The second-order valence-corrected chi connectivity index (χ2v) is 4.96. The van der Waals surface area contributed by atoms with Gasteiger partial charge in [-0.15, -0.1) is 0 Å². The molecule has 0 atom stereocenters. The largest absolute Gasteiger partial charge is 0.474 e. The van der Waals surface area contributed by atoms with Gasteiger partial charge in [-0.05, 0) is 31.7 Å². The van der Waals surface area contributed by atoms with Crippen LogP contribution in [0.1, 0.15) is 31.2 Å². The number of aromatic nitrogens is 1. The zero-order valence-corrected chi connectivity index (χ0v) is 10.7. The lowest BCUT2D eigenvalue weighted by molar-refractivity contribution is 0.202. The first-order chi connectivity index (χ1) is 9.24. The molecule has 3 N–H and O–H groups in total. The van der Waals surface area contributed by atoms with Gasteiger partial charge in [0.05, 0.1) is 5.52 Å². The van der Waals surface area contributed by atoms with Crippen molar-refractivity contribution in [3.8, 4) is 5.88 Å². The molecule has 98 valence electrons. The predicted molar refractivity (Wildman–Crippen MR) is 75.6 cm³/mol. The number of nitrogens with two attached hydrogens (primary N) is 1. The van der Waals surface area contributed by atoms with Crippen molar-refractivity contribution in [1.82, 2.24) is 4.98 Å². The molecule has 1 aliphatic carbocycles. The van der Waals surface area contributed by atoms with Crippen molar-refractivity contribution in [3.05, 3.63) is 35.9 Å². The highest BCUT2D eigenvalue weighted by atomic mass is 16.5. The highest BCUT2D eigenvalue weighted by molar-refractivity contribution is 6.06. The summed E-state index contributed by atoms with van der Waals surface area (Å²) in [4.78, 5) is 4.51. The quantitative estimate of drug-likeness (QED) is 0.654. The van der Waals surface area contributed by atoms with E-state index in [1.165, 1.54) is 12.8 Å². The maximum Gasteiger partial charge on any atom is 0.214 e. The fraction of sp³-hybridized carbons (Fsp3) is 0.333. The third kappa shape index (κ3) is 2.38. The van der Waals surface area contributed by atoms with Crippen LogP contribution in [0.15, 0.2) is 30.3 Å². The van der Waals surface area contributed by atoms with Crippen LogP contribution in [0.3, 0.4) is 0 Å². The molecule has 1 aliphatic rings. The smallest absolute Gasteiger partial charge is 0.214 e. The van der Waals surface area contributed by atoms with Crippen LogP contribution in [0, 0.1) is 5.41 Å². The molecule has 3 rings (SSSR count). The van der Waals surface area contributed by atoms with Crippen LogP contribution in [0.5, 0.6) is 5.88 Å². The first-order valence-corrected chi connectivity index (χ1v) is 6.65. The lowest BCUT2D eigenvalue weighted by Gasteiger charge is -2.14. The number of nitrogen functional groups attached to an aromatic ring is 1. The minimum Gasteiger partial charge on any atom is -0.474 e. The number of ether oxygens (including phenoxy) is 1. The fourth-order valence-electron chi connectivity index (χ4n) is 2.61. The molecule has 1 aromatic carbocycles. The standard InChI is InChI=1S/C15H17N3O/c16-15(17)12-9-14(19-10-5-1-2-6-10)18-13-8-4-3-7-11(12)13/h3-4,7-10H,1-2,5-6H2,(H3,16,17). The monoisotopic (exact) mass is 255 g/mol. The van der Waals surface area contributed by atoms with Gasteiger partial charge in [-0.25, -0.2) is 4.98 Å². The Bertz CT molecular complexity index is 618. The van der Waals surface area contributed by atoms with Gasteiger partial charge in [0.2, 0.25) is 5.88 Å². The van der Waals surface area contributed by atoms with E-state index in [1.807, 2.05) is 24.3 Å². The Hall–Kier alpha value is -2.10. The summed E-state index contributed by atoms with van der Waals surface area (Å²) in [6.07, 6.45) is 4.87. The Balaban J connectivity index is 2.02. The summed E-state index contributed by atoms with van der Waals surface area (Å²) in [6, 6.07) is 9.48. The van der Waals surface area contributed by atoms with Gasteiger partial charge >= 0.3 is 0 Å². The van der Waals surface area contributed by atoms with E-state index < -0.39 is 0 Å². The molecule has 19 heavy (non-hydrogen) atoms. The Labute approximate surface area is 112 Å². The average Bonchev–Trinajstić information content (AvgIpc) is 2.90. The van der Waals surface area contributed by atoms with Gasteiger partial charge in [0.1, 0.15) is 11.9 Å². The molecule has 4 nitrogen and oxygen atoms in total. The third-order valence-corrected chi connectivity index (χ3v) is 3.57. The number of nitrogens with one attached hydrogen (secondary N) is 1. The second-order valence-electron chi connectivity index (χ2n) is 4.96. The van der Waals surface area contributed by atoms with Crippen LogP contribution >= 0.6 is 0 Å². The molecule has 1 saturated carbocycles. The minimum absolute atomic E-state index is 0.0508. The number of rotatable bonds is 3. The number of amidine groups is 1. The first kappa shape index (κ1) is 12.0. The molecule has 0 unspecified atom stereocenters. The Morgan fingerprint density at radius 2 is 2.00 bits per heavy atom. The Morgan fingerprint density at radius 3 is 2.74 bits per heavy atom. The number of para-hydroxylation sites is 1. The highest BCUT2D eigenvalue weighted by Gasteiger charge is 2.18. The molecule has 0 saturated heterocycles. The van der Waals surface area contributed by atoms with Gasteiger partial charge in [-0.3, -0.25) is 5.41 Å². The molecule has 0 bridgehead atoms. The summed E-state index contributed by atoms with van der Waals surface area (Å²) in [7, 11) is 0. The van der Waals surface area contributed by atoms with E-state index >= 15 is 0 Å². The van der Waals surface area contributed by atoms with Crippen molar-refractivity contribution >= 4 is 16.7 Å². The predicted octanol–water partition coefficient (Wildman–Crippen LogP) is 2.84. The summed E-state index contributed by atoms with van der Waals surface area (Å²) in [6.45, 7) is 0. The average molecular weight is 255 g/mol. The number of benzene rings is 1. The van der Waals surface area contributed by atoms with E-state index in [4.69, 9.17) is 15.9 Å². The van der Waals surface area contributed by atoms with E-state index in [0.29, 0.717) is 11.4 Å². The summed E-state index contributed by atoms with van der Waals surface area (Å²) < 4.78 is 5.91. The first-order valence-electron chi connectivity index (χ1n) is 6.65. The van der Waals surface area contributed by atoms with Crippen molar-refractivity contribution in [1.29, 1.82) is 5.41 Å². The van der Waals surface area contributed by atoms with Crippen LogP contribution < -0.4 is 10.5 Å². The maximum atomic E-state index is 7.69. The number of fused-ring (bicyclic) bond motifs is 1. The van der Waals surface area contributed by atoms with Gasteiger partial charge in [0.15, 0.2) is 0 Å². The summed E-state index contributed by atoms with van der Waals surface area (Å²) in [5.41, 5.74) is 7.17. The fourth-order valence-corrected chi connectivity index (χ4v) is 2.61. The molecular formula is C15H17N3O. The number of nitrogens with zero attached hydrogens (tertiary/aromatic N) is 1. The van der Waals surface area contributed by atoms with Gasteiger partial charge in [0, 0.05) is 17.0 Å². The lowest BCUT2D eigenvalue weighted by Crippen LogP contribution is -2.15. The topological polar surface area (TPSA) is 72.0 Å². The van der Waals surface area contributed by atoms with Gasteiger partial charge in [0.25, 0.3) is 0 Å². The lowest BCUT2D eigenvalue weighted by atomic mass is 10.1. The second kappa shape index (κ2) is 4.88. The third-order valence-electron chi connectivity index (χ3n) is 3.57. The molecule has 4 heteroatoms. The summed E-state index contributed by atoms with van der Waals surface area (Å²) in [5, 5.41) is 8.59. The Morgan fingerprint density at radius 1 is 1.26 bits per heavy atom. The van der Waals surface area contributed by atoms with Crippen LogP contribution in [0.4, 0.5) is 0 Å². The molecule has 1 aromatic heterocycles. The number of pyridine rings is 1. The molecular weight excluding hydrogens is 238 g/mol. The van der Waals surface area contributed by atoms with Gasteiger partial charge in [-0.1, -0.05) is 18.2 Å². The van der Waals surface area contributed by atoms with E-state index in [9.17, 15) is 0 Å². The number of hydrogen-bond donors (Lipinski definition) is 2. The van der Waals surface area contributed by atoms with Crippen LogP contribution in [-0.2, 0) is 0 Å². The van der Waals surface area contributed by atoms with Crippen LogP contribution in [0.2, 0.25) is 0 Å². The summed E-state index contributed by atoms with van der Waals surface area (Å²) >= 11 is 0. The minimum atomic E-state index is 0.0508. The SMILES string of the molecule is N=C(N)c1cc(OC2CCCC2)nc2ccccc12. The van der Waals surface area contributed by atoms with E-state index in [0.717, 1.165) is 23.7 Å². The maximum absolute atomic E-state index is 7.69. The molecule has 0 aliphatic heterocycles. The van der Waals surface area contributed by atoms with Crippen molar-refractivity contribution < 1.29 is 4.74 Å². The highest BCUT2D eigenvalue weighted by Crippen LogP contribution is 2.26. The van der Waals surface area contributed by atoms with Gasteiger partial charge in [-0.2, -0.15) is 0 Å². The van der Waals surface area contributed by atoms with E-state index in [2.05, 4.69) is 4.98 Å². The van der Waals surface area contributed by atoms with Crippen molar-refractivity contribution in [2.24, 2.45) is 5.73 Å². The number of hydrogen-bond acceptors (Lipinski definition) is 3. The van der Waals surface area contributed by atoms with E-state index in [1.54, 1.807) is 6.07 Å². The van der Waals surface area contributed by atoms with E-state index in [-0.39, 0.29) is 11.9 Å². The van der Waals surface area contributed by atoms with Gasteiger partial charge < -0.3 is 10.5 Å². The molecule has 1 fully saturated rings. The molecule has 0 spiro atoms. The van der Waals surface area contributed by atoms with Crippen LogP contribution in [0.25, 0.3) is 10.9 Å². The molecule has 0 radical (unpaired) electrons. The molecule has 2 aromatic rings. The zero-order chi connectivity index (χ0) is 13.2.